The molecule has 0 amide bonds. The van der Waals surface area contributed by atoms with E-state index in [1.807, 2.05) is 42.6 Å². The number of hydrogen-bond donors (Lipinski definition) is 1. The molecule has 0 saturated carbocycles. The Hall–Kier alpha value is -2.71. The SMILES string of the molecule is CC(=O)c1ccc(Nc2nc(-c3ccc4c(c3)CC(C)N4S(C)(=O)=O)cs2)cc1. The third-order valence-corrected chi connectivity index (χ3v) is 6.96. The van der Waals surface area contributed by atoms with Crippen LogP contribution in [0.25, 0.3) is 11.3 Å². The first-order valence-corrected chi connectivity index (χ1v) is 11.9. The maximum atomic E-state index is 12.1. The highest BCUT2D eigenvalue weighted by atomic mass is 32.2. The predicted octanol–water partition coefficient (Wildman–Crippen LogP) is 4.47. The number of sulfonamides is 1. The first-order chi connectivity index (χ1) is 13.7. The molecule has 8 heteroatoms. The molecule has 1 atom stereocenters. The summed E-state index contributed by atoms with van der Waals surface area (Å²) >= 11 is 1.49. The van der Waals surface area contributed by atoms with Crippen molar-refractivity contribution in [2.75, 3.05) is 15.9 Å². The molecule has 3 aromatic rings. The highest BCUT2D eigenvalue weighted by molar-refractivity contribution is 7.92. The van der Waals surface area contributed by atoms with Gasteiger partial charge in [-0.15, -0.1) is 11.3 Å². The Kier molecular flexibility index (Phi) is 4.92. The van der Waals surface area contributed by atoms with E-state index in [1.165, 1.54) is 21.9 Å². The fraction of sp³-hybridized carbons (Fsp3) is 0.238. The Labute approximate surface area is 174 Å². The van der Waals surface area contributed by atoms with Crippen molar-refractivity contribution in [2.45, 2.75) is 26.3 Å². The van der Waals surface area contributed by atoms with Gasteiger partial charge in [0.2, 0.25) is 10.0 Å². The fourth-order valence-electron chi connectivity index (χ4n) is 3.64. The van der Waals surface area contributed by atoms with Gasteiger partial charge in [-0.1, -0.05) is 6.07 Å². The molecule has 0 aliphatic carbocycles. The normalized spacial score (nSPS) is 16.0. The number of thiazole rings is 1. The van der Waals surface area contributed by atoms with Gasteiger partial charge in [-0.25, -0.2) is 13.4 Å². The zero-order chi connectivity index (χ0) is 20.8. The average Bonchev–Trinajstić information content (AvgIpc) is 3.24. The van der Waals surface area contributed by atoms with E-state index < -0.39 is 10.0 Å². The van der Waals surface area contributed by atoms with E-state index in [1.54, 1.807) is 19.1 Å². The largest absolute Gasteiger partial charge is 0.332 e. The number of carbonyl (C=O) groups excluding carboxylic acids is 1. The first-order valence-electron chi connectivity index (χ1n) is 9.18. The molecule has 0 saturated heterocycles. The quantitative estimate of drug-likeness (QED) is 0.608. The molecule has 0 bridgehead atoms. The van der Waals surface area contributed by atoms with Gasteiger partial charge >= 0.3 is 0 Å². The van der Waals surface area contributed by atoms with Crippen LogP contribution >= 0.6 is 11.3 Å². The fourth-order valence-corrected chi connectivity index (χ4v) is 5.65. The molecular formula is C21H21N3O3S2. The number of nitrogens with zero attached hydrogens (tertiary/aromatic N) is 2. The molecule has 1 unspecified atom stereocenters. The van der Waals surface area contributed by atoms with E-state index >= 15 is 0 Å². The highest BCUT2D eigenvalue weighted by Gasteiger charge is 2.32. The smallest absolute Gasteiger partial charge is 0.232 e. The number of hydrogen-bond acceptors (Lipinski definition) is 6. The Morgan fingerprint density at radius 2 is 1.93 bits per heavy atom. The molecular weight excluding hydrogens is 406 g/mol. The molecule has 29 heavy (non-hydrogen) atoms. The maximum Gasteiger partial charge on any atom is 0.232 e. The Bertz CT molecular complexity index is 1180. The summed E-state index contributed by atoms with van der Waals surface area (Å²) in [5.74, 6) is 0.0356. The number of nitrogens with one attached hydrogen (secondary N) is 1. The van der Waals surface area contributed by atoms with Crippen molar-refractivity contribution in [3.05, 3.63) is 59.0 Å². The number of fused-ring (bicyclic) bond motifs is 1. The number of rotatable bonds is 5. The monoisotopic (exact) mass is 427 g/mol. The minimum Gasteiger partial charge on any atom is -0.332 e. The van der Waals surface area contributed by atoms with Crippen LogP contribution in [0, 0.1) is 0 Å². The Morgan fingerprint density at radius 3 is 2.59 bits per heavy atom. The van der Waals surface area contributed by atoms with E-state index in [0.29, 0.717) is 12.0 Å². The summed E-state index contributed by atoms with van der Waals surface area (Å²) in [6.45, 7) is 3.46. The van der Waals surface area contributed by atoms with Crippen molar-refractivity contribution in [3.8, 4) is 11.3 Å². The van der Waals surface area contributed by atoms with Crippen LogP contribution in [0.3, 0.4) is 0 Å². The minimum absolute atomic E-state index is 0.0356. The summed E-state index contributed by atoms with van der Waals surface area (Å²) in [7, 11) is -3.29. The molecule has 1 aliphatic heterocycles. The highest BCUT2D eigenvalue weighted by Crippen LogP contribution is 2.37. The van der Waals surface area contributed by atoms with Crippen LogP contribution in [0.15, 0.2) is 47.8 Å². The number of aromatic nitrogens is 1. The van der Waals surface area contributed by atoms with E-state index in [-0.39, 0.29) is 11.8 Å². The molecule has 0 fully saturated rings. The van der Waals surface area contributed by atoms with Gasteiger partial charge in [0.05, 0.1) is 17.6 Å². The second-order valence-corrected chi connectivity index (χ2v) is 9.97. The van der Waals surface area contributed by atoms with Gasteiger partial charge < -0.3 is 5.32 Å². The summed E-state index contributed by atoms with van der Waals surface area (Å²) in [6, 6.07) is 13.0. The standard InChI is InChI=1S/C21H21N3O3S2/c1-13-10-17-11-16(6-9-20(17)24(13)29(3,26)27)19-12-28-21(23-19)22-18-7-4-15(5-8-18)14(2)25/h4-9,11-13H,10H2,1-3H3,(H,22,23). The lowest BCUT2D eigenvalue weighted by molar-refractivity contribution is 0.101. The topological polar surface area (TPSA) is 79.4 Å². The second kappa shape index (κ2) is 7.27. The first kappa shape index (κ1) is 19.6. The van der Waals surface area contributed by atoms with Crippen LogP contribution in [-0.4, -0.2) is 31.5 Å². The van der Waals surface area contributed by atoms with Crippen molar-refractivity contribution < 1.29 is 13.2 Å². The Morgan fingerprint density at radius 1 is 1.21 bits per heavy atom. The summed E-state index contributed by atoms with van der Waals surface area (Å²) in [5, 5.41) is 5.98. The maximum absolute atomic E-state index is 12.1. The third kappa shape index (κ3) is 3.90. The molecule has 1 N–H and O–H groups in total. The summed E-state index contributed by atoms with van der Waals surface area (Å²) < 4.78 is 25.7. The summed E-state index contributed by atoms with van der Waals surface area (Å²) in [4.78, 5) is 16.0. The van der Waals surface area contributed by atoms with Crippen molar-refractivity contribution in [1.82, 2.24) is 4.98 Å². The lowest BCUT2D eigenvalue weighted by Crippen LogP contribution is -2.34. The number of carbonyl (C=O) groups is 1. The van der Waals surface area contributed by atoms with Crippen LogP contribution in [0.5, 0.6) is 0 Å². The van der Waals surface area contributed by atoms with Crippen LogP contribution in [0.4, 0.5) is 16.5 Å². The lowest BCUT2D eigenvalue weighted by atomic mass is 10.1. The van der Waals surface area contributed by atoms with Gasteiger partial charge in [0.15, 0.2) is 10.9 Å². The minimum atomic E-state index is -3.29. The average molecular weight is 428 g/mol. The zero-order valence-electron chi connectivity index (χ0n) is 16.3. The molecule has 0 radical (unpaired) electrons. The number of anilines is 3. The van der Waals surface area contributed by atoms with Crippen molar-refractivity contribution in [3.63, 3.8) is 0 Å². The lowest BCUT2D eigenvalue weighted by Gasteiger charge is -2.21. The summed E-state index contributed by atoms with van der Waals surface area (Å²) in [6.07, 6.45) is 1.93. The van der Waals surface area contributed by atoms with Crippen molar-refractivity contribution in [2.24, 2.45) is 0 Å². The van der Waals surface area contributed by atoms with Crippen LogP contribution < -0.4 is 9.62 Å². The van der Waals surface area contributed by atoms with E-state index in [9.17, 15) is 13.2 Å². The van der Waals surface area contributed by atoms with Crippen LogP contribution in [0.1, 0.15) is 29.8 Å². The molecule has 150 valence electrons. The van der Waals surface area contributed by atoms with Crippen molar-refractivity contribution >= 4 is 43.6 Å². The molecule has 2 heterocycles. The number of benzene rings is 2. The van der Waals surface area contributed by atoms with Gasteiger partial charge in [-0.05, 0) is 62.2 Å². The van der Waals surface area contributed by atoms with Crippen molar-refractivity contribution in [1.29, 1.82) is 0 Å². The van der Waals surface area contributed by atoms with Gasteiger partial charge in [0.1, 0.15) is 0 Å². The predicted molar refractivity (Wildman–Crippen MR) is 118 cm³/mol. The van der Waals surface area contributed by atoms with Gasteiger partial charge in [-0.3, -0.25) is 9.10 Å². The number of ketones is 1. The van der Waals surface area contributed by atoms with Gasteiger partial charge in [-0.2, -0.15) is 0 Å². The molecule has 1 aromatic heterocycles. The molecule has 1 aliphatic rings. The molecule has 4 rings (SSSR count). The van der Waals surface area contributed by atoms with E-state index in [4.69, 9.17) is 0 Å². The van der Waals surface area contributed by atoms with Crippen LogP contribution in [0.2, 0.25) is 0 Å². The summed E-state index contributed by atoms with van der Waals surface area (Å²) in [5.41, 5.74) is 5.10. The third-order valence-electron chi connectivity index (χ3n) is 4.93. The van der Waals surface area contributed by atoms with Gasteiger partial charge in [0, 0.05) is 28.2 Å². The van der Waals surface area contributed by atoms with Gasteiger partial charge in [0.25, 0.3) is 0 Å². The van der Waals surface area contributed by atoms with E-state index in [0.717, 1.165) is 33.3 Å². The molecule has 6 nitrogen and oxygen atoms in total. The number of Topliss-reactive ketones (excluding diaryl/α,β-unsaturated/α-hetero) is 1. The second-order valence-electron chi connectivity index (χ2n) is 7.25. The van der Waals surface area contributed by atoms with Crippen LogP contribution in [-0.2, 0) is 16.4 Å². The molecule has 2 aromatic carbocycles. The van der Waals surface area contributed by atoms with E-state index in [2.05, 4.69) is 10.3 Å². The zero-order valence-corrected chi connectivity index (χ0v) is 18.0. The Balaban J connectivity index is 1.56. The molecule has 0 spiro atoms.